The maximum absolute atomic E-state index is 12.6. The zero-order valence-electron chi connectivity index (χ0n) is 13.9. The van der Waals surface area contributed by atoms with E-state index < -0.39 is 0 Å². The molecule has 5 nitrogen and oxygen atoms in total. The Morgan fingerprint density at radius 3 is 2.95 bits per heavy atom. The molecule has 0 spiro atoms. The van der Waals surface area contributed by atoms with Crippen LogP contribution in [0, 0.1) is 12.3 Å². The van der Waals surface area contributed by atoms with Crippen LogP contribution in [0.25, 0.3) is 0 Å². The Morgan fingerprint density at radius 1 is 1.45 bits per heavy atom. The van der Waals surface area contributed by atoms with Gasteiger partial charge in [0.25, 0.3) is 0 Å². The summed E-state index contributed by atoms with van der Waals surface area (Å²) in [4.78, 5) is 14.4. The van der Waals surface area contributed by atoms with Crippen molar-refractivity contribution >= 4 is 6.03 Å². The fourth-order valence-electron chi connectivity index (χ4n) is 3.56. The van der Waals surface area contributed by atoms with E-state index in [0.717, 1.165) is 29.9 Å². The first kappa shape index (κ1) is 15.4. The lowest BCUT2D eigenvalue weighted by Crippen LogP contribution is -2.50. The van der Waals surface area contributed by atoms with E-state index in [2.05, 4.69) is 25.2 Å². The summed E-state index contributed by atoms with van der Waals surface area (Å²) < 4.78 is 11.3. The van der Waals surface area contributed by atoms with E-state index >= 15 is 0 Å². The van der Waals surface area contributed by atoms with Crippen molar-refractivity contribution in [2.45, 2.75) is 52.7 Å². The van der Waals surface area contributed by atoms with Gasteiger partial charge in [-0.15, -0.1) is 0 Å². The molecular formula is C17H26N2O3. The molecule has 3 rings (SSSR count). The molecule has 22 heavy (non-hydrogen) atoms. The first-order chi connectivity index (χ1) is 10.3. The van der Waals surface area contributed by atoms with Crippen LogP contribution >= 0.6 is 0 Å². The number of carbonyl (C=O) groups is 1. The van der Waals surface area contributed by atoms with Gasteiger partial charge < -0.3 is 19.4 Å². The molecule has 1 fully saturated rings. The van der Waals surface area contributed by atoms with E-state index in [9.17, 15) is 4.79 Å². The molecule has 2 aliphatic rings. The van der Waals surface area contributed by atoms with Gasteiger partial charge in [0.2, 0.25) is 0 Å². The van der Waals surface area contributed by atoms with Gasteiger partial charge in [-0.25, -0.2) is 4.79 Å². The Kier molecular flexibility index (Phi) is 3.93. The molecule has 2 heterocycles. The van der Waals surface area contributed by atoms with Crippen molar-refractivity contribution in [3.05, 3.63) is 23.2 Å². The summed E-state index contributed by atoms with van der Waals surface area (Å²) in [5, 5.41) is 3.21. The molecule has 0 aromatic carbocycles. The van der Waals surface area contributed by atoms with Crippen LogP contribution in [0.3, 0.4) is 0 Å². The second-order valence-corrected chi connectivity index (χ2v) is 7.41. The zero-order valence-corrected chi connectivity index (χ0v) is 13.9. The van der Waals surface area contributed by atoms with E-state index in [4.69, 9.17) is 9.15 Å². The molecule has 0 radical (unpaired) electrons. The highest BCUT2D eigenvalue weighted by atomic mass is 16.5. The maximum atomic E-state index is 12.6. The topological polar surface area (TPSA) is 54.7 Å². The van der Waals surface area contributed by atoms with E-state index in [-0.39, 0.29) is 23.6 Å². The Balaban J connectivity index is 1.75. The first-order valence-electron chi connectivity index (χ1n) is 8.10. The van der Waals surface area contributed by atoms with Gasteiger partial charge in [-0.1, -0.05) is 13.8 Å². The van der Waals surface area contributed by atoms with E-state index in [0.29, 0.717) is 19.7 Å². The highest BCUT2D eigenvalue weighted by molar-refractivity contribution is 5.75. The van der Waals surface area contributed by atoms with Crippen LogP contribution in [0.15, 0.2) is 10.5 Å². The van der Waals surface area contributed by atoms with Gasteiger partial charge in [-0.2, -0.15) is 0 Å². The van der Waals surface area contributed by atoms with Crippen molar-refractivity contribution in [1.29, 1.82) is 0 Å². The summed E-state index contributed by atoms with van der Waals surface area (Å²) in [7, 11) is 0. The van der Waals surface area contributed by atoms with Gasteiger partial charge in [0.15, 0.2) is 0 Å². The number of amides is 2. The van der Waals surface area contributed by atoms with Crippen molar-refractivity contribution in [3.8, 4) is 0 Å². The van der Waals surface area contributed by atoms with Crippen LogP contribution in [0.5, 0.6) is 0 Å². The van der Waals surface area contributed by atoms with Crippen LogP contribution in [-0.4, -0.2) is 36.7 Å². The average Bonchev–Trinajstić information content (AvgIpc) is 2.77. The highest BCUT2D eigenvalue weighted by Crippen LogP contribution is 2.42. The Morgan fingerprint density at radius 2 is 2.23 bits per heavy atom. The number of morpholine rings is 1. The second kappa shape index (κ2) is 5.61. The maximum Gasteiger partial charge on any atom is 0.318 e. The fourth-order valence-corrected chi connectivity index (χ4v) is 3.56. The number of nitrogens with zero attached hydrogens (tertiary/aromatic N) is 1. The number of nitrogens with one attached hydrogen (secondary N) is 1. The standard InChI is InChI=1S/C17H26N2O3/c1-11-7-13-14(8-17(3,4)9-15(13)22-11)18-16(20)19-5-6-21-12(2)10-19/h7,12,14H,5-6,8-10H2,1-4H3,(H,18,20). The molecule has 1 aliphatic carbocycles. The lowest BCUT2D eigenvalue weighted by molar-refractivity contribution is -0.00418. The number of furan rings is 1. The summed E-state index contributed by atoms with van der Waals surface area (Å²) in [6, 6.07) is 2.10. The van der Waals surface area contributed by atoms with Crippen LogP contribution in [0.4, 0.5) is 4.79 Å². The summed E-state index contributed by atoms with van der Waals surface area (Å²) in [6.07, 6.45) is 1.97. The summed E-state index contributed by atoms with van der Waals surface area (Å²) in [5.74, 6) is 1.94. The molecule has 1 N–H and O–H groups in total. The van der Waals surface area contributed by atoms with Gasteiger partial charge >= 0.3 is 6.03 Å². The minimum Gasteiger partial charge on any atom is -0.466 e. The molecule has 1 aromatic heterocycles. The molecule has 1 saturated heterocycles. The number of aryl methyl sites for hydroxylation is 1. The lowest BCUT2D eigenvalue weighted by Gasteiger charge is -2.37. The molecule has 0 bridgehead atoms. The van der Waals surface area contributed by atoms with Crippen LogP contribution in [0.1, 0.15) is 50.3 Å². The number of carbonyl (C=O) groups excluding carboxylic acids is 1. The number of fused-ring (bicyclic) bond motifs is 1. The minimum absolute atomic E-state index is 0.00246. The molecule has 1 aliphatic heterocycles. The molecule has 2 amide bonds. The van der Waals surface area contributed by atoms with E-state index in [1.54, 1.807) is 0 Å². The monoisotopic (exact) mass is 306 g/mol. The number of ether oxygens (including phenoxy) is 1. The SMILES string of the molecule is Cc1cc2c(o1)CC(C)(C)CC2NC(=O)N1CCOC(C)C1. The van der Waals surface area contributed by atoms with Gasteiger partial charge in [-0.3, -0.25) is 0 Å². The third-order valence-corrected chi connectivity index (χ3v) is 4.56. The van der Waals surface area contributed by atoms with E-state index in [1.165, 1.54) is 0 Å². The fraction of sp³-hybridized carbons (Fsp3) is 0.706. The van der Waals surface area contributed by atoms with Crippen molar-refractivity contribution in [2.24, 2.45) is 5.41 Å². The molecule has 2 unspecified atom stereocenters. The molecule has 122 valence electrons. The molecule has 1 aromatic rings. The Labute approximate surface area is 132 Å². The predicted molar refractivity (Wildman–Crippen MR) is 83.8 cm³/mol. The predicted octanol–water partition coefficient (Wildman–Crippen LogP) is 3.03. The van der Waals surface area contributed by atoms with Crippen LogP contribution < -0.4 is 5.32 Å². The van der Waals surface area contributed by atoms with Crippen molar-refractivity contribution in [1.82, 2.24) is 10.2 Å². The Hall–Kier alpha value is -1.49. The number of hydrogen-bond donors (Lipinski definition) is 1. The molecular weight excluding hydrogens is 280 g/mol. The first-order valence-corrected chi connectivity index (χ1v) is 8.10. The smallest absolute Gasteiger partial charge is 0.318 e. The highest BCUT2D eigenvalue weighted by Gasteiger charge is 2.36. The minimum atomic E-state index is 0.00246. The largest absolute Gasteiger partial charge is 0.466 e. The Bertz CT molecular complexity index is 564. The van der Waals surface area contributed by atoms with Gasteiger partial charge in [0.1, 0.15) is 11.5 Å². The van der Waals surface area contributed by atoms with Crippen molar-refractivity contribution in [2.75, 3.05) is 19.7 Å². The van der Waals surface area contributed by atoms with Crippen molar-refractivity contribution in [3.63, 3.8) is 0 Å². The summed E-state index contributed by atoms with van der Waals surface area (Å²) in [6.45, 7) is 10.3. The quantitative estimate of drug-likeness (QED) is 0.867. The van der Waals surface area contributed by atoms with Gasteiger partial charge in [-0.05, 0) is 31.7 Å². The third-order valence-electron chi connectivity index (χ3n) is 4.56. The van der Waals surface area contributed by atoms with Crippen LogP contribution in [-0.2, 0) is 11.2 Å². The molecule has 5 heteroatoms. The normalized spacial score (nSPS) is 27.4. The van der Waals surface area contributed by atoms with Gasteiger partial charge in [0.05, 0.1) is 18.8 Å². The number of hydrogen-bond acceptors (Lipinski definition) is 3. The zero-order chi connectivity index (χ0) is 15.9. The molecule has 2 atom stereocenters. The lowest BCUT2D eigenvalue weighted by atomic mass is 9.75. The van der Waals surface area contributed by atoms with Crippen molar-refractivity contribution < 1.29 is 13.9 Å². The number of rotatable bonds is 1. The summed E-state index contributed by atoms with van der Waals surface area (Å²) >= 11 is 0. The van der Waals surface area contributed by atoms with Crippen LogP contribution in [0.2, 0.25) is 0 Å². The summed E-state index contributed by atoms with van der Waals surface area (Å²) in [5.41, 5.74) is 1.28. The average molecular weight is 306 g/mol. The number of urea groups is 1. The van der Waals surface area contributed by atoms with E-state index in [1.807, 2.05) is 18.7 Å². The second-order valence-electron chi connectivity index (χ2n) is 7.41. The molecule has 0 saturated carbocycles. The van der Waals surface area contributed by atoms with Gasteiger partial charge in [0, 0.05) is 25.1 Å². The third kappa shape index (κ3) is 3.14.